The molecule has 0 amide bonds. The lowest BCUT2D eigenvalue weighted by Gasteiger charge is -2.38. The van der Waals surface area contributed by atoms with E-state index in [-0.39, 0.29) is 12.7 Å². The first kappa shape index (κ1) is 15.5. The fourth-order valence-corrected chi connectivity index (χ4v) is 2.60. The molecule has 6 nitrogen and oxygen atoms in total. The van der Waals surface area contributed by atoms with Gasteiger partial charge >= 0.3 is 10.3 Å². The van der Waals surface area contributed by atoms with Crippen LogP contribution >= 0.6 is 11.6 Å². The van der Waals surface area contributed by atoms with Crippen molar-refractivity contribution < 1.29 is 22.1 Å². The van der Waals surface area contributed by atoms with Crippen molar-refractivity contribution in [2.75, 3.05) is 6.61 Å². The lowest BCUT2D eigenvalue weighted by Crippen LogP contribution is -2.38. The Hall–Kier alpha value is -0.860. The van der Waals surface area contributed by atoms with Crippen molar-refractivity contribution in [3.05, 3.63) is 28.8 Å². The predicted molar refractivity (Wildman–Crippen MR) is 73.7 cm³/mol. The zero-order valence-electron chi connectivity index (χ0n) is 11.1. The van der Waals surface area contributed by atoms with Crippen molar-refractivity contribution in [3.63, 3.8) is 0 Å². The molecule has 0 fully saturated rings. The molecule has 1 aliphatic rings. The maximum Gasteiger partial charge on any atom is 0.333 e. The second kappa shape index (κ2) is 5.50. The number of benzene rings is 1. The molecular weight excluding hydrogens is 306 g/mol. The summed E-state index contributed by atoms with van der Waals surface area (Å²) in [5.41, 5.74) is 0.759. The molecule has 0 aromatic heterocycles. The Morgan fingerprint density at radius 3 is 2.80 bits per heavy atom. The molecule has 1 unspecified atom stereocenters. The first-order valence-corrected chi connectivity index (χ1v) is 7.85. The Morgan fingerprint density at radius 1 is 1.45 bits per heavy atom. The second-order valence-electron chi connectivity index (χ2n) is 4.87. The summed E-state index contributed by atoms with van der Waals surface area (Å²) < 4.78 is 37.5. The van der Waals surface area contributed by atoms with Crippen molar-refractivity contribution >= 4 is 21.9 Å². The van der Waals surface area contributed by atoms with Crippen LogP contribution in [0.2, 0.25) is 5.02 Å². The van der Waals surface area contributed by atoms with E-state index in [2.05, 4.69) is 4.18 Å². The number of hydrogen-bond donors (Lipinski definition) is 1. The maximum absolute atomic E-state index is 10.8. The van der Waals surface area contributed by atoms with Gasteiger partial charge in [0.2, 0.25) is 5.79 Å². The molecule has 0 bridgehead atoms. The highest BCUT2D eigenvalue weighted by Crippen LogP contribution is 2.43. The van der Waals surface area contributed by atoms with Crippen LogP contribution in [0.5, 0.6) is 5.75 Å². The molecule has 0 saturated heterocycles. The van der Waals surface area contributed by atoms with E-state index in [0.29, 0.717) is 17.2 Å². The Balaban J connectivity index is 2.19. The molecule has 2 N–H and O–H groups in total. The predicted octanol–water partition coefficient (Wildman–Crippen LogP) is 2.14. The largest absolute Gasteiger partial charge is 0.461 e. The molecule has 1 heterocycles. The molecule has 1 aromatic carbocycles. The molecule has 20 heavy (non-hydrogen) atoms. The van der Waals surface area contributed by atoms with Gasteiger partial charge in [0.15, 0.2) is 0 Å². The monoisotopic (exact) mass is 321 g/mol. The summed E-state index contributed by atoms with van der Waals surface area (Å²) in [6.45, 7) is 3.44. The molecular formula is C12H16ClNO5S. The van der Waals surface area contributed by atoms with Crippen molar-refractivity contribution in [2.24, 2.45) is 5.14 Å². The Bertz CT molecular complexity index is 602. The van der Waals surface area contributed by atoms with Crippen LogP contribution in [0.15, 0.2) is 18.2 Å². The Morgan fingerprint density at radius 2 is 2.15 bits per heavy atom. The molecule has 1 aromatic rings. The van der Waals surface area contributed by atoms with Crippen LogP contribution in [0, 0.1) is 0 Å². The quantitative estimate of drug-likeness (QED) is 0.917. The zero-order chi connectivity index (χ0) is 15.0. The van der Waals surface area contributed by atoms with Gasteiger partial charge in [-0.1, -0.05) is 23.7 Å². The zero-order valence-corrected chi connectivity index (χ0v) is 12.7. The Labute approximate surface area is 123 Å². The minimum Gasteiger partial charge on any atom is -0.461 e. The summed E-state index contributed by atoms with van der Waals surface area (Å²) in [7, 11) is -3.95. The van der Waals surface area contributed by atoms with E-state index >= 15 is 0 Å². The normalized spacial score (nSPS) is 21.1. The maximum atomic E-state index is 10.8. The standard InChI is InChI=1S/C12H16ClNO5S/c1-12(2)18-10(6-7-17-20(14,15)16)8-4-3-5-9(13)11(8)19-12/h3-5,10H,6-7H2,1-2H3,(H2,14,15,16). The van der Waals surface area contributed by atoms with Crippen LogP contribution in [0.25, 0.3) is 0 Å². The highest BCUT2D eigenvalue weighted by molar-refractivity contribution is 7.84. The van der Waals surface area contributed by atoms with E-state index in [4.69, 9.17) is 26.2 Å². The van der Waals surface area contributed by atoms with E-state index in [1.54, 1.807) is 26.0 Å². The lowest BCUT2D eigenvalue weighted by atomic mass is 10.0. The number of hydrogen-bond acceptors (Lipinski definition) is 5. The van der Waals surface area contributed by atoms with Gasteiger partial charge in [-0.15, -0.1) is 0 Å². The topological polar surface area (TPSA) is 87.9 Å². The third-order valence-corrected chi connectivity index (χ3v) is 3.54. The number of rotatable bonds is 4. The molecule has 0 spiro atoms. The van der Waals surface area contributed by atoms with Crippen LogP contribution < -0.4 is 9.88 Å². The summed E-state index contributed by atoms with van der Waals surface area (Å²) in [5.74, 6) is -0.310. The van der Waals surface area contributed by atoms with Crippen molar-refractivity contribution in [1.82, 2.24) is 0 Å². The van der Waals surface area contributed by atoms with Gasteiger partial charge in [0.25, 0.3) is 0 Å². The van der Waals surface area contributed by atoms with Gasteiger partial charge in [0, 0.05) is 25.8 Å². The first-order chi connectivity index (χ1) is 9.18. The van der Waals surface area contributed by atoms with Crippen LogP contribution in [0.4, 0.5) is 0 Å². The van der Waals surface area contributed by atoms with Gasteiger partial charge in [0.1, 0.15) is 5.75 Å². The summed E-state index contributed by atoms with van der Waals surface area (Å²) in [5, 5.41) is 5.27. The SMILES string of the molecule is CC1(C)Oc2c(Cl)cccc2C(CCOS(N)(=O)=O)O1. The first-order valence-electron chi connectivity index (χ1n) is 6.00. The minimum atomic E-state index is -3.95. The molecule has 112 valence electrons. The highest BCUT2D eigenvalue weighted by Gasteiger charge is 2.35. The van der Waals surface area contributed by atoms with E-state index in [9.17, 15) is 8.42 Å². The van der Waals surface area contributed by atoms with Crippen molar-refractivity contribution in [3.8, 4) is 5.75 Å². The van der Waals surface area contributed by atoms with Gasteiger partial charge in [-0.05, 0) is 6.07 Å². The fraction of sp³-hybridized carbons (Fsp3) is 0.500. The summed E-state index contributed by atoms with van der Waals surface area (Å²) in [4.78, 5) is 0. The van der Waals surface area contributed by atoms with Crippen LogP contribution in [-0.4, -0.2) is 20.8 Å². The van der Waals surface area contributed by atoms with Gasteiger partial charge in [-0.2, -0.15) is 8.42 Å². The van der Waals surface area contributed by atoms with Gasteiger partial charge in [-0.3, -0.25) is 4.18 Å². The third kappa shape index (κ3) is 3.83. The van der Waals surface area contributed by atoms with Gasteiger partial charge < -0.3 is 9.47 Å². The number of para-hydroxylation sites is 1. The van der Waals surface area contributed by atoms with Crippen molar-refractivity contribution in [1.29, 1.82) is 0 Å². The number of ether oxygens (including phenoxy) is 2. The number of halogens is 1. The van der Waals surface area contributed by atoms with Crippen LogP contribution in [-0.2, 0) is 19.2 Å². The molecule has 0 aliphatic carbocycles. The fourth-order valence-electron chi connectivity index (χ4n) is 2.05. The highest BCUT2D eigenvalue weighted by atomic mass is 35.5. The average molecular weight is 322 g/mol. The molecule has 1 aliphatic heterocycles. The van der Waals surface area contributed by atoms with E-state index in [1.165, 1.54) is 0 Å². The van der Waals surface area contributed by atoms with E-state index < -0.39 is 16.1 Å². The van der Waals surface area contributed by atoms with Crippen LogP contribution in [0.1, 0.15) is 31.9 Å². The number of nitrogens with two attached hydrogens (primary N) is 1. The molecule has 0 saturated carbocycles. The molecule has 2 rings (SSSR count). The Kier molecular flexibility index (Phi) is 4.27. The van der Waals surface area contributed by atoms with Gasteiger partial charge in [-0.25, -0.2) is 5.14 Å². The lowest BCUT2D eigenvalue weighted by molar-refractivity contribution is -0.209. The van der Waals surface area contributed by atoms with E-state index in [0.717, 1.165) is 5.56 Å². The third-order valence-electron chi connectivity index (χ3n) is 2.75. The number of fused-ring (bicyclic) bond motifs is 1. The minimum absolute atomic E-state index is 0.0778. The molecule has 1 atom stereocenters. The average Bonchev–Trinajstić information content (AvgIpc) is 2.28. The molecule has 0 radical (unpaired) electrons. The summed E-state index contributed by atoms with van der Waals surface area (Å²) >= 11 is 6.11. The molecule has 8 heteroatoms. The smallest absolute Gasteiger partial charge is 0.333 e. The van der Waals surface area contributed by atoms with E-state index in [1.807, 2.05) is 6.07 Å². The summed E-state index contributed by atoms with van der Waals surface area (Å²) in [6.07, 6.45) is -0.0643. The van der Waals surface area contributed by atoms with Crippen LogP contribution in [0.3, 0.4) is 0 Å². The summed E-state index contributed by atoms with van der Waals surface area (Å²) in [6, 6.07) is 5.32. The van der Waals surface area contributed by atoms with Gasteiger partial charge in [0.05, 0.1) is 17.7 Å². The van der Waals surface area contributed by atoms with Crippen molar-refractivity contribution in [2.45, 2.75) is 32.2 Å². The second-order valence-corrected chi connectivity index (χ2v) is 6.50.